The van der Waals surface area contributed by atoms with Crippen LogP contribution in [0.4, 0.5) is 0 Å². The van der Waals surface area contributed by atoms with Crippen molar-refractivity contribution >= 4 is 20.4 Å². The van der Waals surface area contributed by atoms with Crippen LogP contribution in [0.15, 0.2) is 24.3 Å². The Morgan fingerprint density at radius 3 is 1.85 bits per heavy atom. The number of nitrogens with one attached hydrogen (secondary N) is 1. The second-order valence-corrected chi connectivity index (χ2v) is 6.54. The summed E-state index contributed by atoms with van der Waals surface area (Å²) in [6.45, 7) is 7.83. The van der Waals surface area contributed by atoms with E-state index < -0.39 is 8.80 Å². The van der Waals surface area contributed by atoms with Crippen LogP contribution in [0.1, 0.15) is 26.3 Å². The quantitative estimate of drug-likeness (QED) is 0.408. The van der Waals surface area contributed by atoms with E-state index in [1.807, 2.05) is 45.0 Å². The standard InChI is InChI=1S/C14H23NO4Si/c1-4-17-20(18-5-2,19-6-3)14-9-7-13(8-10-14)11-16-12-15/h7-10,12,15H,4-6,11H2,1-3H3. The predicted octanol–water partition coefficient (Wildman–Crippen LogP) is 2.07. The van der Waals surface area contributed by atoms with Gasteiger partial charge in [0.2, 0.25) is 0 Å². The molecule has 20 heavy (non-hydrogen) atoms. The molecule has 0 fully saturated rings. The second-order valence-electron chi connectivity index (χ2n) is 3.98. The third kappa shape index (κ3) is 4.41. The van der Waals surface area contributed by atoms with Gasteiger partial charge in [-0.15, -0.1) is 0 Å². The lowest BCUT2D eigenvalue weighted by Crippen LogP contribution is -2.56. The predicted molar refractivity (Wildman–Crippen MR) is 80.3 cm³/mol. The van der Waals surface area contributed by atoms with Gasteiger partial charge in [0.05, 0.1) is 0 Å². The van der Waals surface area contributed by atoms with Crippen LogP contribution in [-0.2, 0) is 24.6 Å². The van der Waals surface area contributed by atoms with Crippen LogP contribution in [0.5, 0.6) is 0 Å². The van der Waals surface area contributed by atoms with Gasteiger partial charge in [-0.05, 0) is 26.3 Å². The Morgan fingerprint density at radius 2 is 1.45 bits per heavy atom. The molecular formula is C14H23NO4Si. The maximum absolute atomic E-state index is 6.86. The fourth-order valence-corrected chi connectivity index (χ4v) is 4.35. The molecule has 0 radical (unpaired) electrons. The van der Waals surface area contributed by atoms with Gasteiger partial charge in [-0.25, -0.2) is 0 Å². The molecule has 0 bridgehead atoms. The average Bonchev–Trinajstić information content (AvgIpc) is 2.46. The summed E-state index contributed by atoms with van der Waals surface area (Å²) in [4.78, 5) is 0. The van der Waals surface area contributed by atoms with Gasteiger partial charge in [-0.1, -0.05) is 24.3 Å². The van der Waals surface area contributed by atoms with E-state index in [1.54, 1.807) is 0 Å². The van der Waals surface area contributed by atoms with E-state index in [-0.39, 0.29) is 0 Å². The van der Waals surface area contributed by atoms with E-state index in [0.29, 0.717) is 26.4 Å². The van der Waals surface area contributed by atoms with Gasteiger partial charge >= 0.3 is 8.80 Å². The van der Waals surface area contributed by atoms with Crippen LogP contribution in [0.2, 0.25) is 0 Å². The monoisotopic (exact) mass is 297 g/mol. The minimum Gasteiger partial charge on any atom is -0.479 e. The zero-order chi connectivity index (χ0) is 14.8. The molecule has 6 heteroatoms. The van der Waals surface area contributed by atoms with Gasteiger partial charge in [0.15, 0.2) is 6.40 Å². The molecule has 1 aromatic rings. The minimum absolute atomic E-state index is 0.385. The zero-order valence-corrected chi connectivity index (χ0v) is 13.3. The molecule has 0 spiro atoms. The maximum atomic E-state index is 6.86. The molecule has 0 aromatic heterocycles. The molecule has 0 amide bonds. The number of hydrogen-bond donors (Lipinski definition) is 1. The lowest BCUT2D eigenvalue weighted by Gasteiger charge is -2.28. The highest BCUT2D eigenvalue weighted by Gasteiger charge is 2.43. The van der Waals surface area contributed by atoms with Gasteiger partial charge < -0.3 is 18.0 Å². The van der Waals surface area contributed by atoms with Crippen molar-refractivity contribution in [1.29, 1.82) is 5.41 Å². The van der Waals surface area contributed by atoms with Crippen molar-refractivity contribution in [1.82, 2.24) is 0 Å². The normalized spacial score (nSPS) is 11.3. The summed E-state index contributed by atoms with van der Waals surface area (Å²) in [6.07, 6.45) is 0.938. The smallest absolute Gasteiger partial charge is 0.479 e. The molecule has 1 N–H and O–H groups in total. The fourth-order valence-electron chi connectivity index (χ4n) is 1.89. The molecule has 0 aliphatic carbocycles. The molecular weight excluding hydrogens is 274 g/mol. The molecule has 0 saturated carbocycles. The first kappa shape index (κ1) is 16.8. The fraction of sp³-hybridized carbons (Fsp3) is 0.500. The lowest BCUT2D eigenvalue weighted by molar-refractivity contribution is 0.0859. The highest BCUT2D eigenvalue weighted by atomic mass is 28.4. The van der Waals surface area contributed by atoms with Crippen molar-refractivity contribution in [2.45, 2.75) is 27.4 Å². The topological polar surface area (TPSA) is 60.8 Å². The first-order valence-corrected chi connectivity index (χ1v) is 8.56. The van der Waals surface area contributed by atoms with Crippen LogP contribution < -0.4 is 5.19 Å². The molecule has 0 unspecified atom stereocenters. The van der Waals surface area contributed by atoms with E-state index in [9.17, 15) is 0 Å². The molecule has 0 aliphatic heterocycles. The molecule has 0 heterocycles. The highest BCUT2D eigenvalue weighted by Crippen LogP contribution is 2.12. The minimum atomic E-state index is -2.81. The van der Waals surface area contributed by atoms with Crippen LogP contribution in [0.25, 0.3) is 0 Å². The summed E-state index contributed by atoms with van der Waals surface area (Å²) in [5, 5.41) is 7.80. The molecule has 0 saturated heterocycles. The van der Waals surface area contributed by atoms with Crippen LogP contribution in [0.3, 0.4) is 0 Å². The van der Waals surface area contributed by atoms with Crippen LogP contribution in [-0.4, -0.2) is 35.0 Å². The summed E-state index contributed by atoms with van der Waals surface area (Å²) in [7, 11) is -2.81. The Hall–Kier alpha value is -1.21. The largest absolute Gasteiger partial charge is 0.537 e. The van der Waals surface area contributed by atoms with Gasteiger partial charge in [0.1, 0.15) is 6.61 Å². The first-order valence-electron chi connectivity index (χ1n) is 6.84. The number of benzene rings is 1. The summed E-state index contributed by atoms with van der Waals surface area (Å²) in [5.74, 6) is 0. The van der Waals surface area contributed by atoms with Crippen molar-refractivity contribution < 1.29 is 18.0 Å². The Morgan fingerprint density at radius 1 is 0.950 bits per heavy atom. The summed E-state index contributed by atoms with van der Waals surface area (Å²) < 4.78 is 22.5. The van der Waals surface area contributed by atoms with E-state index in [2.05, 4.69) is 0 Å². The van der Waals surface area contributed by atoms with E-state index in [4.69, 9.17) is 23.4 Å². The van der Waals surface area contributed by atoms with Gasteiger partial charge in [0.25, 0.3) is 0 Å². The highest BCUT2D eigenvalue weighted by molar-refractivity contribution is 6.75. The van der Waals surface area contributed by atoms with Gasteiger partial charge in [-0.2, -0.15) is 0 Å². The number of hydrogen-bond acceptors (Lipinski definition) is 5. The molecule has 1 aromatic carbocycles. The molecule has 112 valence electrons. The Labute approximate surface area is 121 Å². The van der Waals surface area contributed by atoms with Gasteiger partial charge in [0, 0.05) is 25.0 Å². The van der Waals surface area contributed by atoms with E-state index >= 15 is 0 Å². The Balaban J connectivity index is 2.96. The van der Waals surface area contributed by atoms with Crippen LogP contribution >= 0.6 is 0 Å². The van der Waals surface area contributed by atoms with Crippen molar-refractivity contribution in [2.75, 3.05) is 19.8 Å². The number of rotatable bonds is 10. The average molecular weight is 297 g/mol. The van der Waals surface area contributed by atoms with Crippen molar-refractivity contribution in [3.8, 4) is 0 Å². The maximum Gasteiger partial charge on any atom is 0.537 e. The molecule has 0 aliphatic rings. The lowest BCUT2D eigenvalue weighted by atomic mass is 10.2. The summed E-state index contributed by atoms with van der Waals surface area (Å²) in [5.41, 5.74) is 0.990. The summed E-state index contributed by atoms with van der Waals surface area (Å²) in [6, 6.07) is 7.79. The Bertz CT molecular complexity index is 380. The van der Waals surface area contributed by atoms with Crippen molar-refractivity contribution in [3.05, 3.63) is 29.8 Å². The van der Waals surface area contributed by atoms with Crippen molar-refractivity contribution in [3.63, 3.8) is 0 Å². The Kier molecular flexibility index (Phi) is 7.46. The number of ether oxygens (including phenoxy) is 1. The SMILES string of the molecule is CCO[Si](OCC)(OCC)c1ccc(COC=N)cc1. The third-order valence-corrected chi connectivity index (χ3v) is 5.69. The van der Waals surface area contributed by atoms with Crippen LogP contribution in [0, 0.1) is 5.41 Å². The zero-order valence-electron chi connectivity index (χ0n) is 12.3. The van der Waals surface area contributed by atoms with Crippen molar-refractivity contribution in [2.24, 2.45) is 0 Å². The summed E-state index contributed by atoms with van der Waals surface area (Å²) >= 11 is 0. The third-order valence-electron chi connectivity index (χ3n) is 2.64. The second kappa shape index (κ2) is 8.86. The first-order chi connectivity index (χ1) is 9.72. The van der Waals surface area contributed by atoms with Gasteiger partial charge in [-0.3, -0.25) is 5.41 Å². The van der Waals surface area contributed by atoms with E-state index in [1.165, 1.54) is 0 Å². The molecule has 5 nitrogen and oxygen atoms in total. The molecule has 0 atom stereocenters. The molecule has 1 rings (SSSR count). The van der Waals surface area contributed by atoms with E-state index in [0.717, 1.165) is 17.2 Å².